The maximum Gasteiger partial charge on any atom is 0.405 e. The second kappa shape index (κ2) is 8.27. The van der Waals surface area contributed by atoms with E-state index >= 15 is 0 Å². The summed E-state index contributed by atoms with van der Waals surface area (Å²) in [6, 6.07) is 2.22. The molecule has 1 atom stereocenters. The van der Waals surface area contributed by atoms with Crippen LogP contribution in [0.4, 0.5) is 13.2 Å². The van der Waals surface area contributed by atoms with E-state index in [-0.39, 0.29) is 12.5 Å². The van der Waals surface area contributed by atoms with Gasteiger partial charge in [0, 0.05) is 37.6 Å². The first-order valence-electron chi connectivity index (χ1n) is 9.27. The number of thiophene rings is 1. The van der Waals surface area contributed by atoms with E-state index in [2.05, 4.69) is 10.6 Å². The van der Waals surface area contributed by atoms with Crippen LogP contribution >= 0.6 is 11.3 Å². The van der Waals surface area contributed by atoms with Gasteiger partial charge in [-0.2, -0.15) is 13.2 Å². The molecule has 1 aliphatic heterocycles. The number of piperazine rings is 1. The molecule has 0 aromatic carbocycles. The molecule has 1 amide bonds. The summed E-state index contributed by atoms with van der Waals surface area (Å²) in [7, 11) is 0. The first-order chi connectivity index (χ1) is 12.4. The maximum absolute atomic E-state index is 13.6. The Morgan fingerprint density at radius 1 is 1.27 bits per heavy atom. The van der Waals surface area contributed by atoms with Gasteiger partial charge in [0.05, 0.1) is 5.41 Å². The van der Waals surface area contributed by atoms with Crippen LogP contribution in [0, 0.1) is 0 Å². The lowest BCUT2D eigenvalue weighted by molar-refractivity contribution is -0.184. The smallest absolute Gasteiger partial charge is 0.353 e. The minimum Gasteiger partial charge on any atom is -0.353 e. The van der Waals surface area contributed by atoms with E-state index in [4.69, 9.17) is 0 Å². The Hall–Kier alpha value is -1.12. The Morgan fingerprint density at radius 3 is 2.54 bits per heavy atom. The van der Waals surface area contributed by atoms with Crippen LogP contribution in [0.25, 0.3) is 0 Å². The zero-order chi connectivity index (χ0) is 18.6. The summed E-state index contributed by atoms with van der Waals surface area (Å²) in [5, 5.41) is 7.67. The fourth-order valence-corrected chi connectivity index (χ4v) is 5.08. The number of carbonyl (C=O) groups is 1. The van der Waals surface area contributed by atoms with Gasteiger partial charge in [-0.05, 0) is 24.3 Å². The zero-order valence-electron chi connectivity index (χ0n) is 14.8. The lowest BCUT2D eigenvalue weighted by atomic mass is 9.72. The molecule has 0 spiro atoms. The molecule has 2 N–H and O–H groups in total. The van der Waals surface area contributed by atoms with Crippen LogP contribution in [0.1, 0.15) is 37.0 Å². The summed E-state index contributed by atoms with van der Waals surface area (Å²) in [5.41, 5.74) is -0.661. The molecule has 0 radical (unpaired) electrons. The second-order valence-corrected chi connectivity index (χ2v) is 8.12. The van der Waals surface area contributed by atoms with Gasteiger partial charge in [0.1, 0.15) is 6.04 Å². The third kappa shape index (κ3) is 4.23. The molecule has 1 aromatic heterocycles. The summed E-state index contributed by atoms with van der Waals surface area (Å²) in [5.74, 6) is -0.246. The monoisotopic (exact) mass is 389 g/mol. The van der Waals surface area contributed by atoms with Crippen LogP contribution < -0.4 is 10.6 Å². The largest absolute Gasteiger partial charge is 0.405 e. The highest BCUT2D eigenvalue weighted by molar-refractivity contribution is 7.10. The molecule has 26 heavy (non-hydrogen) atoms. The predicted molar refractivity (Wildman–Crippen MR) is 96.4 cm³/mol. The summed E-state index contributed by atoms with van der Waals surface area (Å²) >= 11 is 1.52. The molecule has 0 bridgehead atoms. The van der Waals surface area contributed by atoms with E-state index in [1.165, 1.54) is 16.2 Å². The van der Waals surface area contributed by atoms with Gasteiger partial charge < -0.3 is 10.6 Å². The van der Waals surface area contributed by atoms with Crippen molar-refractivity contribution in [2.75, 3.05) is 32.7 Å². The standard InChI is InChI=1S/C18H26F3N3OS/c19-18(20,21)14(24-10-8-22-9-11-24)13-23-16(25)17(6-2-1-3-7-17)15-5-4-12-26-15/h4-5,12,14,22H,1-3,6-11,13H2,(H,23,25). The van der Waals surface area contributed by atoms with Crippen molar-refractivity contribution in [2.24, 2.45) is 0 Å². The van der Waals surface area contributed by atoms with E-state index in [9.17, 15) is 18.0 Å². The van der Waals surface area contributed by atoms with Crippen molar-refractivity contribution in [1.29, 1.82) is 0 Å². The molecule has 1 saturated heterocycles. The lowest BCUT2D eigenvalue weighted by Gasteiger charge is -2.38. The molecule has 2 heterocycles. The Balaban J connectivity index is 1.72. The van der Waals surface area contributed by atoms with Gasteiger partial charge >= 0.3 is 6.18 Å². The predicted octanol–water partition coefficient (Wildman–Crippen LogP) is 2.90. The third-order valence-corrected chi connectivity index (χ3v) is 6.63. The molecule has 1 aliphatic carbocycles. The third-order valence-electron chi connectivity index (χ3n) is 5.56. The number of hydrogen-bond acceptors (Lipinski definition) is 4. The van der Waals surface area contributed by atoms with Crippen molar-refractivity contribution >= 4 is 17.2 Å². The quantitative estimate of drug-likeness (QED) is 0.814. The summed E-state index contributed by atoms with van der Waals surface area (Å²) < 4.78 is 40.7. The highest BCUT2D eigenvalue weighted by atomic mass is 32.1. The molecular weight excluding hydrogens is 363 g/mol. The number of alkyl halides is 3. The SMILES string of the molecule is O=C(NCC(N1CCNCC1)C(F)(F)F)C1(c2cccs2)CCCCC1. The highest BCUT2D eigenvalue weighted by Gasteiger charge is 2.46. The number of nitrogens with one attached hydrogen (secondary N) is 2. The van der Waals surface area contributed by atoms with Crippen molar-refractivity contribution in [3.8, 4) is 0 Å². The minimum absolute atomic E-state index is 0.246. The topological polar surface area (TPSA) is 44.4 Å². The van der Waals surface area contributed by atoms with Gasteiger partial charge in [-0.15, -0.1) is 11.3 Å². The number of nitrogens with zero attached hydrogens (tertiary/aromatic N) is 1. The molecule has 4 nitrogen and oxygen atoms in total. The number of hydrogen-bond donors (Lipinski definition) is 2. The average Bonchev–Trinajstić information content (AvgIpc) is 3.17. The van der Waals surface area contributed by atoms with E-state index in [0.717, 1.165) is 24.1 Å². The van der Waals surface area contributed by atoms with Crippen molar-refractivity contribution in [3.05, 3.63) is 22.4 Å². The molecule has 2 aliphatic rings. The van der Waals surface area contributed by atoms with Gasteiger partial charge in [-0.3, -0.25) is 9.69 Å². The van der Waals surface area contributed by atoms with Crippen LogP contribution in [-0.4, -0.2) is 55.7 Å². The Bertz CT molecular complexity index is 579. The van der Waals surface area contributed by atoms with Crippen molar-refractivity contribution in [1.82, 2.24) is 15.5 Å². The number of amides is 1. The van der Waals surface area contributed by atoms with Crippen molar-refractivity contribution in [3.63, 3.8) is 0 Å². The fraction of sp³-hybridized carbons (Fsp3) is 0.722. The van der Waals surface area contributed by atoms with Gasteiger partial charge in [-0.1, -0.05) is 25.3 Å². The molecule has 1 unspecified atom stereocenters. The number of halogens is 3. The Morgan fingerprint density at radius 2 is 1.96 bits per heavy atom. The molecule has 8 heteroatoms. The van der Waals surface area contributed by atoms with Crippen molar-refractivity contribution < 1.29 is 18.0 Å². The maximum atomic E-state index is 13.6. The van der Waals surface area contributed by atoms with E-state index in [1.807, 2.05) is 17.5 Å². The average molecular weight is 389 g/mol. The fourth-order valence-electron chi connectivity index (χ4n) is 4.10. The van der Waals surface area contributed by atoms with Crippen LogP contribution in [0.2, 0.25) is 0 Å². The molecule has 146 valence electrons. The zero-order valence-corrected chi connectivity index (χ0v) is 15.6. The Kier molecular flexibility index (Phi) is 6.25. The molecule has 1 saturated carbocycles. The number of carbonyl (C=O) groups excluding carboxylic acids is 1. The minimum atomic E-state index is -4.35. The normalized spacial score (nSPS) is 22.7. The summed E-state index contributed by atoms with van der Waals surface area (Å²) in [4.78, 5) is 15.4. The lowest BCUT2D eigenvalue weighted by Crippen LogP contribution is -2.58. The van der Waals surface area contributed by atoms with E-state index in [0.29, 0.717) is 39.0 Å². The van der Waals surface area contributed by atoms with Crippen LogP contribution in [-0.2, 0) is 10.2 Å². The summed E-state index contributed by atoms with van der Waals surface area (Å²) in [6.45, 7) is 1.39. The van der Waals surface area contributed by atoms with Crippen LogP contribution in [0.3, 0.4) is 0 Å². The number of rotatable bonds is 5. The first-order valence-corrected chi connectivity index (χ1v) is 10.2. The molecule has 1 aromatic rings. The van der Waals surface area contributed by atoms with Gasteiger partial charge in [0.25, 0.3) is 0 Å². The molecular formula is C18H26F3N3OS. The molecule has 3 rings (SSSR count). The summed E-state index contributed by atoms with van der Waals surface area (Å²) in [6.07, 6.45) is 0.0185. The van der Waals surface area contributed by atoms with Gasteiger partial charge in [0.2, 0.25) is 5.91 Å². The Labute approximate surface area is 156 Å². The first kappa shape index (κ1) is 19.6. The van der Waals surface area contributed by atoms with Crippen LogP contribution in [0.15, 0.2) is 17.5 Å². The van der Waals surface area contributed by atoms with E-state index in [1.54, 1.807) is 0 Å². The van der Waals surface area contributed by atoms with Gasteiger partial charge in [-0.25, -0.2) is 0 Å². The van der Waals surface area contributed by atoms with E-state index < -0.39 is 17.6 Å². The van der Waals surface area contributed by atoms with Gasteiger partial charge in [0.15, 0.2) is 0 Å². The molecule has 2 fully saturated rings. The van der Waals surface area contributed by atoms with Crippen molar-refractivity contribution in [2.45, 2.75) is 49.7 Å². The second-order valence-electron chi connectivity index (χ2n) is 7.17. The van der Waals surface area contributed by atoms with Crippen LogP contribution in [0.5, 0.6) is 0 Å². The highest BCUT2D eigenvalue weighted by Crippen LogP contribution is 2.41.